The lowest BCUT2D eigenvalue weighted by Crippen LogP contribution is -2.54. The van der Waals surface area contributed by atoms with Gasteiger partial charge in [-0.15, -0.1) is 0 Å². The minimum Gasteiger partial charge on any atom is -0.479 e. The lowest BCUT2D eigenvalue weighted by molar-refractivity contribution is -0.148. The van der Waals surface area contributed by atoms with Crippen molar-refractivity contribution in [1.82, 2.24) is 10.2 Å². The van der Waals surface area contributed by atoms with Gasteiger partial charge in [-0.25, -0.2) is 18.0 Å². The zero-order valence-electron chi connectivity index (χ0n) is 11.2. The first-order chi connectivity index (χ1) is 9.27. The number of hydrogen-bond acceptors (Lipinski definition) is 6. The van der Waals surface area contributed by atoms with E-state index >= 15 is 0 Å². The first kappa shape index (κ1) is 17.1. The van der Waals surface area contributed by atoms with Crippen LogP contribution in [0.25, 0.3) is 0 Å². The molecule has 0 aromatic heterocycles. The highest BCUT2D eigenvalue weighted by atomic mass is 32.2. The lowest BCUT2D eigenvalue weighted by Gasteiger charge is -2.34. The predicted molar refractivity (Wildman–Crippen MR) is 74.5 cm³/mol. The Morgan fingerprint density at radius 2 is 2.20 bits per heavy atom. The van der Waals surface area contributed by atoms with Crippen molar-refractivity contribution in [3.8, 4) is 0 Å². The lowest BCUT2D eigenvalue weighted by atomic mass is 10.3. The fourth-order valence-corrected chi connectivity index (χ4v) is 4.54. The Labute approximate surface area is 121 Å². The number of sulfone groups is 1. The smallest absolute Gasteiger partial charge is 0.334 e. The average molecular weight is 326 g/mol. The minimum atomic E-state index is -3.38. The Kier molecular flexibility index (Phi) is 6.08. The maximum absolute atomic E-state index is 12.0. The number of thioether (sulfide) groups is 1. The topological polar surface area (TPSA) is 113 Å². The highest BCUT2D eigenvalue weighted by molar-refractivity contribution is 8.00. The maximum atomic E-state index is 12.0. The molecule has 1 fully saturated rings. The Balaban J connectivity index is 2.67. The van der Waals surface area contributed by atoms with Gasteiger partial charge < -0.3 is 20.1 Å². The largest absolute Gasteiger partial charge is 0.479 e. The number of hydrogen-bond donors (Lipinski definition) is 2. The van der Waals surface area contributed by atoms with Crippen LogP contribution in [0, 0.1) is 0 Å². The third kappa shape index (κ3) is 4.53. The maximum Gasteiger partial charge on any atom is 0.334 e. The van der Waals surface area contributed by atoms with Gasteiger partial charge in [0.2, 0.25) is 0 Å². The molecule has 0 aromatic carbocycles. The Hall–Kier alpha value is -1.00. The van der Waals surface area contributed by atoms with E-state index in [1.54, 1.807) is 0 Å². The number of carboxylic acids is 1. The molecular formula is C10H18N2O6S2. The van der Waals surface area contributed by atoms with E-state index in [-0.39, 0.29) is 6.54 Å². The summed E-state index contributed by atoms with van der Waals surface area (Å²) in [6.45, 7) is 0.0871. The van der Waals surface area contributed by atoms with Crippen molar-refractivity contribution < 1.29 is 27.9 Å². The van der Waals surface area contributed by atoms with Crippen molar-refractivity contribution in [3.63, 3.8) is 0 Å². The zero-order valence-corrected chi connectivity index (χ0v) is 12.9. The number of rotatable bonds is 5. The molecule has 116 valence electrons. The fourth-order valence-electron chi connectivity index (χ4n) is 1.72. The summed E-state index contributed by atoms with van der Waals surface area (Å²) in [4.78, 5) is 24.0. The molecule has 2 unspecified atom stereocenters. The summed E-state index contributed by atoms with van der Waals surface area (Å²) < 4.78 is 28.0. The number of carboxylic acid groups (broad SMARTS) is 1. The van der Waals surface area contributed by atoms with E-state index < -0.39 is 33.3 Å². The van der Waals surface area contributed by atoms with E-state index in [9.17, 15) is 18.0 Å². The third-order valence-corrected chi connectivity index (χ3v) is 5.48. The quantitative estimate of drug-likeness (QED) is 0.681. The van der Waals surface area contributed by atoms with Crippen LogP contribution >= 0.6 is 11.8 Å². The molecule has 1 heterocycles. The highest BCUT2D eigenvalue weighted by Gasteiger charge is 2.34. The van der Waals surface area contributed by atoms with Gasteiger partial charge >= 0.3 is 12.0 Å². The van der Waals surface area contributed by atoms with E-state index in [4.69, 9.17) is 5.11 Å². The molecule has 1 saturated heterocycles. The molecule has 2 N–H and O–H groups in total. The molecule has 2 amide bonds. The molecule has 1 aliphatic heterocycles. The molecule has 1 aliphatic rings. The minimum absolute atomic E-state index is 0.217. The van der Waals surface area contributed by atoms with Crippen molar-refractivity contribution in [1.29, 1.82) is 0 Å². The summed E-state index contributed by atoms with van der Waals surface area (Å²) in [7, 11) is -2.16. The second-order valence-corrected chi connectivity index (χ2v) is 7.65. The number of ether oxygens (including phenoxy) is 1. The average Bonchev–Trinajstić information content (AvgIpc) is 2.37. The predicted octanol–water partition coefficient (Wildman–Crippen LogP) is -0.785. The van der Waals surface area contributed by atoms with Crippen LogP contribution in [0.4, 0.5) is 4.79 Å². The van der Waals surface area contributed by atoms with Gasteiger partial charge in [0.15, 0.2) is 15.9 Å². The number of carbonyl (C=O) groups is 2. The standard InChI is InChI=1S/C10H18N2O6S2/c1-18-7(9(13)14)5-11-10(15)12-3-4-19-6-8(12)20(2,16)17/h7-8H,3-6H2,1-2H3,(H,11,15)(H,13,14). The first-order valence-corrected chi connectivity index (χ1v) is 8.95. The molecule has 2 atom stereocenters. The normalized spacial score (nSPS) is 21.3. The number of methoxy groups -OCH3 is 1. The van der Waals surface area contributed by atoms with Crippen LogP contribution in [0.15, 0.2) is 0 Å². The number of nitrogens with zero attached hydrogens (tertiary/aromatic N) is 1. The first-order valence-electron chi connectivity index (χ1n) is 5.84. The number of aliphatic carboxylic acids is 1. The monoisotopic (exact) mass is 326 g/mol. The summed E-state index contributed by atoms with van der Waals surface area (Å²) in [5, 5.41) is 10.3. The van der Waals surface area contributed by atoms with Crippen LogP contribution in [-0.2, 0) is 19.4 Å². The number of nitrogens with one attached hydrogen (secondary N) is 1. The van der Waals surface area contributed by atoms with Crippen molar-refractivity contribution in [2.45, 2.75) is 11.5 Å². The molecule has 1 rings (SSSR count). The van der Waals surface area contributed by atoms with Gasteiger partial charge in [0.05, 0.1) is 6.54 Å². The van der Waals surface area contributed by atoms with Crippen LogP contribution in [-0.4, -0.2) is 79.9 Å². The van der Waals surface area contributed by atoms with Crippen molar-refractivity contribution in [2.75, 3.05) is 38.0 Å². The van der Waals surface area contributed by atoms with Crippen molar-refractivity contribution in [3.05, 3.63) is 0 Å². The van der Waals surface area contributed by atoms with Gasteiger partial charge in [0.25, 0.3) is 0 Å². The SMILES string of the molecule is COC(CNC(=O)N1CCSCC1S(C)(=O)=O)C(=O)O. The van der Waals surface area contributed by atoms with Gasteiger partial charge in [0.1, 0.15) is 5.37 Å². The molecular weight excluding hydrogens is 308 g/mol. The highest BCUT2D eigenvalue weighted by Crippen LogP contribution is 2.20. The number of amides is 2. The van der Waals surface area contributed by atoms with Gasteiger partial charge in [-0.05, 0) is 0 Å². The van der Waals surface area contributed by atoms with E-state index in [0.717, 1.165) is 6.26 Å². The molecule has 10 heteroatoms. The van der Waals surface area contributed by atoms with Crippen LogP contribution in [0.2, 0.25) is 0 Å². The second kappa shape index (κ2) is 7.14. The molecule has 20 heavy (non-hydrogen) atoms. The number of urea groups is 1. The third-order valence-electron chi connectivity index (χ3n) is 2.84. The molecule has 0 aromatic rings. The summed E-state index contributed by atoms with van der Waals surface area (Å²) in [6.07, 6.45) is -0.0752. The zero-order chi connectivity index (χ0) is 15.3. The van der Waals surface area contributed by atoms with Crippen LogP contribution < -0.4 is 5.32 Å². The summed E-state index contributed by atoms with van der Waals surface area (Å²) >= 11 is 1.47. The molecule has 0 radical (unpaired) electrons. The van der Waals surface area contributed by atoms with Gasteiger partial charge in [-0.1, -0.05) is 0 Å². The Morgan fingerprint density at radius 1 is 1.55 bits per heavy atom. The summed E-state index contributed by atoms with van der Waals surface area (Å²) in [5.74, 6) is -0.230. The number of carbonyl (C=O) groups excluding carboxylic acids is 1. The van der Waals surface area contributed by atoms with Crippen LogP contribution in [0.3, 0.4) is 0 Å². The molecule has 0 aliphatic carbocycles. The summed E-state index contributed by atoms with van der Waals surface area (Å²) in [6, 6.07) is -0.593. The van der Waals surface area contributed by atoms with Crippen LogP contribution in [0.1, 0.15) is 0 Å². The van der Waals surface area contributed by atoms with Crippen molar-refractivity contribution in [2.24, 2.45) is 0 Å². The second-order valence-electron chi connectivity index (χ2n) is 4.30. The summed E-state index contributed by atoms with van der Waals surface area (Å²) in [5.41, 5.74) is 0. The van der Waals surface area contributed by atoms with Gasteiger partial charge in [-0.3, -0.25) is 0 Å². The van der Waals surface area contributed by atoms with Crippen LogP contribution in [0.5, 0.6) is 0 Å². The Bertz CT molecular complexity index is 466. The van der Waals surface area contributed by atoms with Gasteiger partial charge in [0, 0.05) is 31.4 Å². The van der Waals surface area contributed by atoms with E-state index in [0.29, 0.717) is 18.1 Å². The van der Waals surface area contributed by atoms with Gasteiger partial charge in [-0.2, -0.15) is 11.8 Å². The molecule has 0 spiro atoms. The molecule has 0 saturated carbocycles. The van der Waals surface area contributed by atoms with Crippen molar-refractivity contribution >= 4 is 33.6 Å². The van der Waals surface area contributed by atoms with E-state index in [1.807, 2.05) is 0 Å². The van der Waals surface area contributed by atoms with E-state index in [1.165, 1.54) is 23.8 Å². The molecule has 0 bridgehead atoms. The Morgan fingerprint density at radius 3 is 2.70 bits per heavy atom. The fraction of sp³-hybridized carbons (Fsp3) is 0.800. The van der Waals surface area contributed by atoms with E-state index in [2.05, 4.69) is 10.1 Å². The molecule has 8 nitrogen and oxygen atoms in total.